The zero-order valence-corrected chi connectivity index (χ0v) is 9.50. The molecule has 1 atom stereocenters. The molecular formula is C12H22N2O. The Bertz CT molecular complexity index is 206. The summed E-state index contributed by atoms with van der Waals surface area (Å²) in [5, 5.41) is 3.37. The summed E-state index contributed by atoms with van der Waals surface area (Å²) in [5.74, 6) is 0.983. The van der Waals surface area contributed by atoms with Crippen LogP contribution in [0.1, 0.15) is 38.5 Å². The van der Waals surface area contributed by atoms with Crippen LogP contribution < -0.4 is 5.32 Å². The maximum Gasteiger partial charge on any atom is 0.222 e. The summed E-state index contributed by atoms with van der Waals surface area (Å²) in [6, 6.07) is 0. The first-order valence-electron chi connectivity index (χ1n) is 6.35. The third kappa shape index (κ3) is 3.20. The molecule has 3 nitrogen and oxygen atoms in total. The average molecular weight is 210 g/mol. The molecule has 2 saturated heterocycles. The lowest BCUT2D eigenvalue weighted by atomic mass is 9.95. The maximum absolute atomic E-state index is 12.0. The van der Waals surface area contributed by atoms with Gasteiger partial charge in [-0.05, 0) is 51.1 Å². The van der Waals surface area contributed by atoms with Crippen LogP contribution in [0.15, 0.2) is 0 Å². The van der Waals surface area contributed by atoms with Gasteiger partial charge < -0.3 is 10.2 Å². The molecule has 0 aromatic carbocycles. The number of rotatable bonds is 2. The van der Waals surface area contributed by atoms with E-state index in [-0.39, 0.29) is 0 Å². The van der Waals surface area contributed by atoms with Crippen LogP contribution in [0.25, 0.3) is 0 Å². The van der Waals surface area contributed by atoms with Gasteiger partial charge in [0.15, 0.2) is 0 Å². The van der Waals surface area contributed by atoms with Gasteiger partial charge in [-0.15, -0.1) is 0 Å². The zero-order valence-electron chi connectivity index (χ0n) is 9.50. The monoisotopic (exact) mass is 210 g/mol. The lowest BCUT2D eigenvalue weighted by molar-refractivity contribution is -0.133. The summed E-state index contributed by atoms with van der Waals surface area (Å²) >= 11 is 0. The molecule has 0 radical (unpaired) electrons. The Labute approximate surface area is 92.2 Å². The summed E-state index contributed by atoms with van der Waals surface area (Å²) in [6.07, 6.45) is 6.94. The minimum absolute atomic E-state index is 0.392. The van der Waals surface area contributed by atoms with Crippen molar-refractivity contribution in [3.8, 4) is 0 Å². The molecule has 0 unspecified atom stereocenters. The van der Waals surface area contributed by atoms with Gasteiger partial charge in [-0.1, -0.05) is 0 Å². The van der Waals surface area contributed by atoms with Crippen molar-refractivity contribution < 1.29 is 4.79 Å². The van der Waals surface area contributed by atoms with Crippen LogP contribution >= 0.6 is 0 Å². The number of carbonyl (C=O) groups excluding carboxylic acids is 1. The third-order valence-electron chi connectivity index (χ3n) is 3.57. The Morgan fingerprint density at radius 3 is 2.67 bits per heavy atom. The second kappa shape index (κ2) is 5.50. The van der Waals surface area contributed by atoms with Crippen LogP contribution in [0.4, 0.5) is 0 Å². The molecule has 0 saturated carbocycles. The van der Waals surface area contributed by atoms with E-state index in [2.05, 4.69) is 10.2 Å². The summed E-state index contributed by atoms with van der Waals surface area (Å²) in [6.45, 7) is 4.17. The van der Waals surface area contributed by atoms with Crippen molar-refractivity contribution in [3.05, 3.63) is 0 Å². The number of nitrogens with zero attached hydrogens (tertiary/aromatic N) is 1. The van der Waals surface area contributed by atoms with Gasteiger partial charge in [-0.25, -0.2) is 0 Å². The van der Waals surface area contributed by atoms with Gasteiger partial charge in [0.25, 0.3) is 0 Å². The van der Waals surface area contributed by atoms with Crippen LogP contribution in [-0.4, -0.2) is 37.0 Å². The Morgan fingerprint density at radius 2 is 2.00 bits per heavy atom. The van der Waals surface area contributed by atoms with E-state index < -0.39 is 0 Å². The smallest absolute Gasteiger partial charge is 0.222 e. The third-order valence-corrected chi connectivity index (χ3v) is 3.57. The molecule has 2 rings (SSSR count). The zero-order chi connectivity index (χ0) is 10.5. The number of hydrogen-bond acceptors (Lipinski definition) is 2. The van der Waals surface area contributed by atoms with E-state index in [4.69, 9.17) is 0 Å². The topological polar surface area (TPSA) is 32.3 Å². The van der Waals surface area contributed by atoms with Gasteiger partial charge in [0, 0.05) is 19.5 Å². The van der Waals surface area contributed by atoms with Crippen LogP contribution in [-0.2, 0) is 4.79 Å². The summed E-state index contributed by atoms with van der Waals surface area (Å²) in [7, 11) is 0. The van der Waals surface area contributed by atoms with Gasteiger partial charge in [0.2, 0.25) is 5.91 Å². The predicted octanol–water partition coefficient (Wildman–Crippen LogP) is 1.39. The number of piperidine rings is 2. The molecular weight excluding hydrogens is 188 g/mol. The molecule has 2 fully saturated rings. The second-order valence-corrected chi connectivity index (χ2v) is 4.86. The SMILES string of the molecule is O=C(C[C@@H]1CCCNC1)N1CCCCC1. The Kier molecular flexibility index (Phi) is 4.01. The number of likely N-dealkylation sites (tertiary alicyclic amines) is 1. The van der Waals surface area contributed by atoms with Crippen molar-refractivity contribution >= 4 is 5.91 Å². The van der Waals surface area contributed by atoms with Gasteiger partial charge in [0.1, 0.15) is 0 Å². The van der Waals surface area contributed by atoms with E-state index >= 15 is 0 Å². The van der Waals surface area contributed by atoms with Crippen molar-refractivity contribution in [1.82, 2.24) is 10.2 Å². The fourth-order valence-electron chi connectivity index (χ4n) is 2.62. The number of carbonyl (C=O) groups is 1. The fourth-order valence-corrected chi connectivity index (χ4v) is 2.62. The summed E-state index contributed by atoms with van der Waals surface area (Å²) in [5.41, 5.74) is 0. The van der Waals surface area contributed by atoms with Gasteiger partial charge in [-0.2, -0.15) is 0 Å². The lowest BCUT2D eigenvalue weighted by Gasteiger charge is -2.29. The van der Waals surface area contributed by atoms with E-state index in [0.717, 1.165) is 32.6 Å². The Morgan fingerprint density at radius 1 is 1.20 bits per heavy atom. The summed E-state index contributed by atoms with van der Waals surface area (Å²) in [4.78, 5) is 14.0. The molecule has 0 aromatic rings. The molecule has 2 aliphatic rings. The molecule has 0 spiro atoms. The first-order valence-corrected chi connectivity index (χ1v) is 6.35. The Balaban J connectivity index is 1.74. The van der Waals surface area contributed by atoms with Crippen molar-refractivity contribution in [2.24, 2.45) is 5.92 Å². The molecule has 3 heteroatoms. The van der Waals surface area contributed by atoms with Crippen LogP contribution in [0.5, 0.6) is 0 Å². The standard InChI is InChI=1S/C12H22N2O/c15-12(14-7-2-1-3-8-14)9-11-5-4-6-13-10-11/h11,13H,1-10H2/t11-/m0/s1. The highest BCUT2D eigenvalue weighted by Gasteiger charge is 2.21. The Hall–Kier alpha value is -0.570. The van der Waals surface area contributed by atoms with Crippen LogP contribution in [0.2, 0.25) is 0 Å². The van der Waals surface area contributed by atoms with E-state index in [0.29, 0.717) is 11.8 Å². The van der Waals surface area contributed by atoms with Crippen LogP contribution in [0.3, 0.4) is 0 Å². The quantitative estimate of drug-likeness (QED) is 0.747. The largest absolute Gasteiger partial charge is 0.343 e. The number of amides is 1. The second-order valence-electron chi connectivity index (χ2n) is 4.86. The average Bonchev–Trinajstić information content (AvgIpc) is 2.31. The molecule has 0 bridgehead atoms. The van der Waals surface area contributed by atoms with Crippen molar-refractivity contribution in [2.45, 2.75) is 38.5 Å². The van der Waals surface area contributed by atoms with E-state index in [1.807, 2.05) is 0 Å². The number of hydrogen-bond donors (Lipinski definition) is 1. The van der Waals surface area contributed by atoms with Gasteiger partial charge in [0.05, 0.1) is 0 Å². The first kappa shape index (κ1) is 10.9. The molecule has 1 amide bonds. The molecule has 0 aliphatic carbocycles. The van der Waals surface area contributed by atoms with Gasteiger partial charge in [-0.3, -0.25) is 4.79 Å². The first-order chi connectivity index (χ1) is 7.36. The molecule has 2 aliphatic heterocycles. The van der Waals surface area contributed by atoms with Crippen molar-refractivity contribution in [2.75, 3.05) is 26.2 Å². The van der Waals surface area contributed by atoms with E-state index in [1.54, 1.807) is 0 Å². The molecule has 15 heavy (non-hydrogen) atoms. The van der Waals surface area contributed by atoms with Crippen LogP contribution in [0, 0.1) is 5.92 Å². The fraction of sp³-hybridized carbons (Fsp3) is 0.917. The summed E-state index contributed by atoms with van der Waals surface area (Å²) < 4.78 is 0. The van der Waals surface area contributed by atoms with E-state index in [9.17, 15) is 4.79 Å². The predicted molar refractivity (Wildman–Crippen MR) is 60.6 cm³/mol. The minimum Gasteiger partial charge on any atom is -0.343 e. The van der Waals surface area contributed by atoms with Gasteiger partial charge >= 0.3 is 0 Å². The highest BCUT2D eigenvalue weighted by atomic mass is 16.2. The van der Waals surface area contributed by atoms with Crippen molar-refractivity contribution in [3.63, 3.8) is 0 Å². The van der Waals surface area contributed by atoms with Crippen molar-refractivity contribution in [1.29, 1.82) is 0 Å². The highest BCUT2D eigenvalue weighted by Crippen LogP contribution is 2.17. The lowest BCUT2D eigenvalue weighted by Crippen LogP contribution is -2.39. The molecule has 2 heterocycles. The molecule has 1 N–H and O–H groups in total. The maximum atomic E-state index is 12.0. The normalized spacial score (nSPS) is 27.7. The number of nitrogens with one attached hydrogen (secondary N) is 1. The molecule has 86 valence electrons. The minimum atomic E-state index is 0.392. The highest BCUT2D eigenvalue weighted by molar-refractivity contribution is 5.76. The molecule has 0 aromatic heterocycles. The van der Waals surface area contributed by atoms with E-state index in [1.165, 1.54) is 32.1 Å².